The van der Waals surface area contributed by atoms with E-state index in [4.69, 9.17) is 4.74 Å². The van der Waals surface area contributed by atoms with Crippen LogP contribution in [-0.4, -0.2) is 21.6 Å². The number of fused-ring (bicyclic) bond motifs is 1. The predicted octanol–water partition coefficient (Wildman–Crippen LogP) is 2.28. The lowest BCUT2D eigenvalue weighted by molar-refractivity contribution is 0.196. The van der Waals surface area contributed by atoms with Crippen molar-refractivity contribution in [2.45, 2.75) is 32.1 Å². The molecule has 1 saturated carbocycles. The summed E-state index contributed by atoms with van der Waals surface area (Å²) in [4.78, 5) is 22.8. The molecule has 0 atom stereocenters. The van der Waals surface area contributed by atoms with Gasteiger partial charge in [-0.2, -0.15) is 4.98 Å². The molecule has 0 aliphatic heterocycles. The molecule has 5 nitrogen and oxygen atoms in total. The van der Waals surface area contributed by atoms with Gasteiger partial charge in [-0.3, -0.25) is 14.8 Å². The van der Waals surface area contributed by atoms with Crippen molar-refractivity contribution in [3.63, 3.8) is 0 Å². The van der Waals surface area contributed by atoms with Gasteiger partial charge in [0.1, 0.15) is 0 Å². The Kier molecular flexibility index (Phi) is 3.44. The molecule has 100 valence electrons. The highest BCUT2D eigenvalue weighted by molar-refractivity contribution is 5.76. The van der Waals surface area contributed by atoms with Gasteiger partial charge in [-0.15, -0.1) is 0 Å². The average Bonchev–Trinajstić information content (AvgIpc) is 2.46. The first-order valence-electron chi connectivity index (χ1n) is 6.80. The second-order valence-corrected chi connectivity index (χ2v) is 5.08. The summed E-state index contributed by atoms with van der Waals surface area (Å²) < 4.78 is 5.64. The summed E-state index contributed by atoms with van der Waals surface area (Å²) in [6, 6.07) is 1.96. The minimum atomic E-state index is -0.175. The molecular weight excluding hydrogens is 242 g/mol. The number of pyridine rings is 1. The Morgan fingerprint density at radius 3 is 3.00 bits per heavy atom. The van der Waals surface area contributed by atoms with Crippen molar-refractivity contribution in [3.05, 3.63) is 28.8 Å². The van der Waals surface area contributed by atoms with Crippen LogP contribution >= 0.6 is 0 Å². The van der Waals surface area contributed by atoms with E-state index in [-0.39, 0.29) is 5.56 Å². The number of aromatic nitrogens is 3. The molecule has 1 fully saturated rings. The van der Waals surface area contributed by atoms with Gasteiger partial charge in [0, 0.05) is 6.20 Å². The quantitative estimate of drug-likeness (QED) is 0.918. The van der Waals surface area contributed by atoms with E-state index >= 15 is 0 Å². The van der Waals surface area contributed by atoms with Gasteiger partial charge in [-0.05, 0) is 24.8 Å². The van der Waals surface area contributed by atoms with E-state index in [9.17, 15) is 4.79 Å². The fourth-order valence-corrected chi connectivity index (χ4v) is 2.59. The lowest BCUT2D eigenvalue weighted by atomic mass is 9.90. The van der Waals surface area contributed by atoms with Crippen molar-refractivity contribution in [1.82, 2.24) is 15.0 Å². The molecule has 0 spiro atoms. The zero-order chi connectivity index (χ0) is 13.1. The molecule has 5 heteroatoms. The third-order valence-corrected chi connectivity index (χ3v) is 3.67. The number of H-pyrrole nitrogens is 1. The predicted molar refractivity (Wildman–Crippen MR) is 72.2 cm³/mol. The minimum absolute atomic E-state index is 0.175. The van der Waals surface area contributed by atoms with Gasteiger partial charge in [0.15, 0.2) is 0 Å². The molecule has 1 N–H and O–H groups in total. The Morgan fingerprint density at radius 2 is 2.16 bits per heavy atom. The summed E-state index contributed by atoms with van der Waals surface area (Å²) in [5, 5.41) is 0.542. The number of nitrogens with one attached hydrogen (secondary N) is 1. The van der Waals surface area contributed by atoms with Crippen LogP contribution in [0.15, 0.2) is 23.3 Å². The van der Waals surface area contributed by atoms with Gasteiger partial charge in [0.05, 0.1) is 23.7 Å². The van der Waals surface area contributed by atoms with Crippen molar-refractivity contribution in [3.8, 4) is 6.01 Å². The Labute approximate surface area is 111 Å². The Bertz CT molecular complexity index is 617. The SMILES string of the molecule is O=c1[nH]c(OCC2CCCCC2)nc2cnccc12. The molecule has 2 heterocycles. The van der Waals surface area contributed by atoms with Gasteiger partial charge in [0.2, 0.25) is 0 Å². The standard InChI is InChI=1S/C14H17N3O2/c18-13-11-6-7-15-8-12(11)16-14(17-13)19-9-10-4-2-1-3-5-10/h6-8,10H,1-5,9H2,(H,16,17,18). The van der Waals surface area contributed by atoms with E-state index in [1.807, 2.05) is 0 Å². The molecule has 0 unspecified atom stereocenters. The molecule has 0 aromatic carbocycles. The first kappa shape index (κ1) is 12.1. The molecule has 0 bridgehead atoms. The van der Waals surface area contributed by atoms with Gasteiger partial charge in [-0.1, -0.05) is 19.3 Å². The average molecular weight is 259 g/mol. The smallest absolute Gasteiger partial charge is 0.297 e. The highest BCUT2D eigenvalue weighted by atomic mass is 16.5. The highest BCUT2D eigenvalue weighted by Gasteiger charge is 2.14. The number of rotatable bonds is 3. The maximum absolute atomic E-state index is 11.8. The van der Waals surface area contributed by atoms with E-state index in [0.717, 1.165) is 0 Å². The fraction of sp³-hybridized carbons (Fsp3) is 0.500. The summed E-state index contributed by atoms with van der Waals surface area (Å²) in [6.07, 6.45) is 9.46. The number of aromatic amines is 1. The number of hydrogen-bond acceptors (Lipinski definition) is 4. The molecule has 2 aromatic rings. The Balaban J connectivity index is 1.75. The maximum Gasteiger partial charge on any atom is 0.297 e. The zero-order valence-corrected chi connectivity index (χ0v) is 10.8. The fourth-order valence-electron chi connectivity index (χ4n) is 2.59. The lowest BCUT2D eigenvalue weighted by Crippen LogP contribution is -2.18. The minimum Gasteiger partial charge on any atom is -0.464 e. The van der Waals surface area contributed by atoms with Crippen LogP contribution in [0.5, 0.6) is 6.01 Å². The van der Waals surface area contributed by atoms with Crippen LogP contribution in [0.3, 0.4) is 0 Å². The molecule has 0 amide bonds. The topological polar surface area (TPSA) is 67.9 Å². The highest BCUT2D eigenvalue weighted by Crippen LogP contribution is 2.23. The molecular formula is C14H17N3O2. The van der Waals surface area contributed by atoms with Crippen molar-refractivity contribution in [1.29, 1.82) is 0 Å². The van der Waals surface area contributed by atoms with Crippen LogP contribution in [0.2, 0.25) is 0 Å². The normalized spacial score (nSPS) is 16.6. The van der Waals surface area contributed by atoms with Crippen LogP contribution in [0.25, 0.3) is 10.9 Å². The summed E-state index contributed by atoms with van der Waals surface area (Å²) in [6.45, 7) is 0.634. The molecule has 0 saturated heterocycles. The molecule has 1 aliphatic carbocycles. The Morgan fingerprint density at radius 1 is 1.32 bits per heavy atom. The van der Waals surface area contributed by atoms with Crippen LogP contribution < -0.4 is 10.3 Å². The second kappa shape index (κ2) is 5.38. The molecule has 1 aliphatic rings. The summed E-state index contributed by atoms with van der Waals surface area (Å²) >= 11 is 0. The van der Waals surface area contributed by atoms with Crippen LogP contribution in [0, 0.1) is 5.92 Å². The molecule has 19 heavy (non-hydrogen) atoms. The van der Waals surface area contributed by atoms with E-state index in [1.165, 1.54) is 32.1 Å². The van der Waals surface area contributed by atoms with E-state index in [1.54, 1.807) is 18.5 Å². The number of hydrogen-bond donors (Lipinski definition) is 1. The molecule has 0 radical (unpaired) electrons. The molecule has 3 rings (SSSR count). The van der Waals surface area contributed by atoms with Crippen molar-refractivity contribution in [2.75, 3.05) is 6.61 Å². The summed E-state index contributed by atoms with van der Waals surface area (Å²) in [5.74, 6) is 0.587. The van der Waals surface area contributed by atoms with Crippen molar-refractivity contribution >= 4 is 10.9 Å². The summed E-state index contributed by atoms with van der Waals surface area (Å²) in [7, 11) is 0. The van der Waals surface area contributed by atoms with Gasteiger partial charge < -0.3 is 4.74 Å². The maximum atomic E-state index is 11.8. The first-order valence-corrected chi connectivity index (χ1v) is 6.80. The lowest BCUT2D eigenvalue weighted by Gasteiger charge is -2.21. The summed E-state index contributed by atoms with van der Waals surface area (Å²) in [5.41, 5.74) is 0.399. The van der Waals surface area contributed by atoms with Crippen molar-refractivity contribution in [2.24, 2.45) is 5.92 Å². The third-order valence-electron chi connectivity index (χ3n) is 3.67. The van der Waals surface area contributed by atoms with Gasteiger partial charge in [-0.25, -0.2) is 0 Å². The number of ether oxygens (including phenoxy) is 1. The van der Waals surface area contributed by atoms with E-state index < -0.39 is 0 Å². The second-order valence-electron chi connectivity index (χ2n) is 5.08. The van der Waals surface area contributed by atoms with E-state index in [2.05, 4.69) is 15.0 Å². The van der Waals surface area contributed by atoms with Gasteiger partial charge >= 0.3 is 0 Å². The largest absolute Gasteiger partial charge is 0.464 e. The van der Waals surface area contributed by atoms with Crippen LogP contribution in [0.4, 0.5) is 0 Å². The third kappa shape index (κ3) is 2.75. The first-order chi connectivity index (χ1) is 9.33. The van der Waals surface area contributed by atoms with E-state index in [0.29, 0.717) is 29.4 Å². The van der Waals surface area contributed by atoms with Gasteiger partial charge in [0.25, 0.3) is 11.6 Å². The zero-order valence-electron chi connectivity index (χ0n) is 10.8. The molecule has 2 aromatic heterocycles. The van der Waals surface area contributed by atoms with Crippen molar-refractivity contribution < 1.29 is 4.74 Å². The monoisotopic (exact) mass is 259 g/mol. The Hall–Kier alpha value is -1.91. The van der Waals surface area contributed by atoms with Crippen LogP contribution in [-0.2, 0) is 0 Å². The number of nitrogens with zero attached hydrogens (tertiary/aromatic N) is 2. The van der Waals surface area contributed by atoms with Crippen LogP contribution in [0.1, 0.15) is 32.1 Å².